The van der Waals surface area contributed by atoms with Crippen molar-refractivity contribution in [3.05, 3.63) is 17.5 Å². The van der Waals surface area contributed by atoms with Crippen molar-refractivity contribution >= 4 is 17.4 Å². The van der Waals surface area contributed by atoms with Crippen LogP contribution >= 0.6 is 11.6 Å². The molecule has 0 aliphatic carbocycles. The second-order valence-corrected chi connectivity index (χ2v) is 10.9. The average Bonchev–Trinajstić information content (AvgIpc) is 2.94. The van der Waals surface area contributed by atoms with Crippen LogP contribution in [0.5, 0.6) is 0 Å². The summed E-state index contributed by atoms with van der Waals surface area (Å²) in [7, 11) is 0. The molecule has 0 saturated carbocycles. The Morgan fingerprint density at radius 2 is 1.05 bits per heavy atom. The smallest absolute Gasteiger partial charge is 0.134 e. The van der Waals surface area contributed by atoms with Gasteiger partial charge in [-0.3, -0.25) is 0 Å². The molecule has 0 unspecified atom stereocenters. The number of hydrogen-bond acceptors (Lipinski definition) is 6. The first-order chi connectivity index (χ1) is 19.2. The van der Waals surface area contributed by atoms with Crippen LogP contribution in [0.2, 0.25) is 5.15 Å². The highest BCUT2D eigenvalue weighted by Gasteiger charge is 1.97. The molecule has 1 aromatic rings. The number of nitrogens with two attached hydrogens (primary N) is 1. The minimum atomic E-state index is 0.482. The van der Waals surface area contributed by atoms with Gasteiger partial charge in [0.05, 0.1) is 0 Å². The molecule has 0 fully saturated rings. The van der Waals surface area contributed by atoms with Gasteiger partial charge < -0.3 is 20.5 Å². The minimum absolute atomic E-state index is 0.482. The van der Waals surface area contributed by atoms with E-state index in [0.717, 1.165) is 51.8 Å². The summed E-state index contributed by atoms with van der Waals surface area (Å²) in [6.07, 6.45) is 27.1. The number of anilines is 1. The lowest BCUT2D eigenvalue weighted by atomic mass is 10.1. The van der Waals surface area contributed by atoms with Gasteiger partial charge >= 0.3 is 0 Å². The van der Waals surface area contributed by atoms with Gasteiger partial charge in [0.15, 0.2) is 0 Å². The largest absolute Gasteiger partial charge is 0.381 e. The van der Waals surface area contributed by atoms with E-state index in [1.54, 1.807) is 6.07 Å². The fourth-order valence-electron chi connectivity index (χ4n) is 4.20. The van der Waals surface area contributed by atoms with E-state index in [1.807, 2.05) is 0 Å². The van der Waals surface area contributed by atoms with E-state index in [9.17, 15) is 0 Å². The number of nitrogens with one attached hydrogen (secondary N) is 1. The number of nitrogens with zero attached hydrogens (tertiary/aromatic N) is 2. The zero-order valence-electron chi connectivity index (χ0n) is 25.7. The maximum absolute atomic E-state index is 5.81. The number of hydrogen-bond donors (Lipinski definition) is 2. The zero-order valence-corrected chi connectivity index (χ0v) is 26.5. The molecule has 0 amide bonds. The number of rotatable bonds is 28. The van der Waals surface area contributed by atoms with Crippen LogP contribution in [0.1, 0.15) is 142 Å². The molecule has 1 heterocycles. The van der Waals surface area contributed by atoms with Gasteiger partial charge in [0.2, 0.25) is 0 Å². The van der Waals surface area contributed by atoms with Crippen LogP contribution in [0.3, 0.4) is 0 Å². The number of halogens is 1. The van der Waals surface area contributed by atoms with Crippen molar-refractivity contribution in [2.75, 3.05) is 44.8 Å². The van der Waals surface area contributed by atoms with Gasteiger partial charge in [0, 0.05) is 39.0 Å². The maximum atomic E-state index is 5.81. The van der Waals surface area contributed by atoms with E-state index < -0.39 is 0 Å². The molecule has 0 spiro atoms. The summed E-state index contributed by atoms with van der Waals surface area (Å²) in [6.45, 7) is 10.1. The third kappa shape index (κ3) is 31.4. The van der Waals surface area contributed by atoms with Crippen molar-refractivity contribution in [3.8, 4) is 0 Å². The number of aromatic nitrogens is 2. The summed E-state index contributed by atoms with van der Waals surface area (Å²) in [6, 6.07) is 1.75. The number of unbranched alkanes of at least 4 members (excludes halogenated alkanes) is 16. The molecule has 0 aliphatic rings. The van der Waals surface area contributed by atoms with Gasteiger partial charge in [0.25, 0.3) is 0 Å². The SMILES string of the molecule is CCCCCCOCCCCCCCCN.CCCCCCOCCCCCCCCNc1cc(Cl)ncn1. The van der Waals surface area contributed by atoms with Crippen molar-refractivity contribution < 1.29 is 9.47 Å². The maximum Gasteiger partial charge on any atom is 0.134 e. The summed E-state index contributed by atoms with van der Waals surface area (Å²) in [5.41, 5.74) is 5.44. The molecule has 0 saturated heterocycles. The predicted octanol–water partition coefficient (Wildman–Crippen LogP) is 9.36. The molecule has 39 heavy (non-hydrogen) atoms. The molecule has 0 atom stereocenters. The van der Waals surface area contributed by atoms with Crippen molar-refractivity contribution in [3.63, 3.8) is 0 Å². The molecular formula is C32H63ClN4O2. The lowest BCUT2D eigenvalue weighted by molar-refractivity contribution is 0.125. The Labute approximate surface area is 247 Å². The Hall–Kier alpha value is -0.950. The van der Waals surface area contributed by atoms with E-state index in [0.29, 0.717) is 5.15 Å². The molecule has 0 aliphatic heterocycles. The van der Waals surface area contributed by atoms with E-state index >= 15 is 0 Å². The van der Waals surface area contributed by atoms with Gasteiger partial charge in [-0.05, 0) is 45.1 Å². The molecule has 0 radical (unpaired) electrons. The molecule has 6 nitrogen and oxygen atoms in total. The topological polar surface area (TPSA) is 82.3 Å². The average molecular weight is 571 g/mol. The standard InChI is InChI=1S/C18H32ClN3O.C14H31NO/c1-2-3-4-10-13-23-14-11-8-6-5-7-9-12-20-18-15-17(19)21-16-22-18;1-2-3-4-10-13-16-14-11-8-6-5-7-9-12-15/h15-16H,2-14H2,1H3,(H,20,21,22);2-15H2,1H3. The second-order valence-electron chi connectivity index (χ2n) is 10.5. The van der Waals surface area contributed by atoms with Crippen molar-refractivity contribution in [2.24, 2.45) is 5.73 Å². The highest BCUT2D eigenvalue weighted by atomic mass is 35.5. The minimum Gasteiger partial charge on any atom is -0.381 e. The van der Waals surface area contributed by atoms with Crippen molar-refractivity contribution in [1.82, 2.24) is 9.97 Å². The first-order valence-corrected chi connectivity index (χ1v) is 16.7. The third-order valence-corrected chi connectivity index (χ3v) is 6.89. The quantitative estimate of drug-likeness (QED) is 0.0771. The van der Waals surface area contributed by atoms with Crippen LogP contribution in [0.15, 0.2) is 12.4 Å². The van der Waals surface area contributed by atoms with Crippen molar-refractivity contribution in [1.29, 1.82) is 0 Å². The van der Waals surface area contributed by atoms with Crippen LogP contribution in [0, 0.1) is 0 Å². The molecule has 0 bridgehead atoms. The Morgan fingerprint density at radius 3 is 1.51 bits per heavy atom. The van der Waals surface area contributed by atoms with Gasteiger partial charge in [0.1, 0.15) is 17.3 Å². The van der Waals surface area contributed by atoms with Gasteiger partial charge in [-0.1, -0.05) is 115 Å². The Morgan fingerprint density at radius 1 is 0.615 bits per heavy atom. The lowest BCUT2D eigenvalue weighted by Crippen LogP contribution is -2.03. The molecular weight excluding hydrogens is 508 g/mol. The van der Waals surface area contributed by atoms with Crippen LogP contribution in [-0.2, 0) is 9.47 Å². The van der Waals surface area contributed by atoms with E-state index in [2.05, 4.69) is 29.1 Å². The Balaban J connectivity index is 0.000000794. The normalized spacial score (nSPS) is 10.9. The van der Waals surface area contributed by atoms with E-state index in [-0.39, 0.29) is 0 Å². The summed E-state index contributed by atoms with van der Waals surface area (Å²) in [4.78, 5) is 7.98. The highest BCUT2D eigenvalue weighted by Crippen LogP contribution is 2.10. The Kier molecular flexibility index (Phi) is 32.4. The third-order valence-electron chi connectivity index (χ3n) is 6.68. The molecule has 1 aromatic heterocycles. The molecule has 0 aromatic carbocycles. The second kappa shape index (κ2) is 33.3. The molecule has 7 heteroatoms. The highest BCUT2D eigenvalue weighted by molar-refractivity contribution is 6.29. The zero-order chi connectivity index (χ0) is 28.5. The van der Waals surface area contributed by atoms with Crippen LogP contribution in [0.25, 0.3) is 0 Å². The Bertz CT molecular complexity index is 581. The predicted molar refractivity (Wildman–Crippen MR) is 170 cm³/mol. The summed E-state index contributed by atoms with van der Waals surface area (Å²) < 4.78 is 11.2. The fraction of sp³-hybridized carbons (Fsp3) is 0.875. The number of ether oxygens (including phenoxy) is 2. The summed E-state index contributed by atoms with van der Waals surface area (Å²) >= 11 is 5.81. The van der Waals surface area contributed by atoms with Gasteiger partial charge in [-0.2, -0.15) is 0 Å². The van der Waals surface area contributed by atoms with Crippen LogP contribution < -0.4 is 11.1 Å². The first kappa shape index (κ1) is 38.0. The monoisotopic (exact) mass is 570 g/mol. The van der Waals surface area contributed by atoms with E-state index in [4.69, 9.17) is 26.8 Å². The van der Waals surface area contributed by atoms with Gasteiger partial charge in [-0.15, -0.1) is 0 Å². The van der Waals surface area contributed by atoms with Crippen LogP contribution in [0.4, 0.5) is 5.82 Å². The van der Waals surface area contributed by atoms with E-state index in [1.165, 1.54) is 128 Å². The van der Waals surface area contributed by atoms with Crippen molar-refractivity contribution in [2.45, 2.75) is 142 Å². The van der Waals surface area contributed by atoms with Gasteiger partial charge in [-0.25, -0.2) is 9.97 Å². The van der Waals surface area contributed by atoms with Crippen LogP contribution in [-0.4, -0.2) is 49.5 Å². The summed E-state index contributed by atoms with van der Waals surface area (Å²) in [5, 5.41) is 3.75. The summed E-state index contributed by atoms with van der Waals surface area (Å²) in [5.74, 6) is 0.807. The lowest BCUT2D eigenvalue weighted by Gasteiger charge is -2.06. The first-order valence-electron chi connectivity index (χ1n) is 16.3. The fourth-order valence-corrected chi connectivity index (χ4v) is 4.35. The molecule has 3 N–H and O–H groups in total. The molecule has 230 valence electrons. The molecule has 1 rings (SSSR count).